The fraction of sp³-hybridized carbons (Fsp3) is 0.438. The van der Waals surface area contributed by atoms with Crippen molar-refractivity contribution in [1.82, 2.24) is 5.32 Å². The van der Waals surface area contributed by atoms with E-state index in [2.05, 4.69) is 19.2 Å². The maximum Gasteiger partial charge on any atom is 0.244 e. The van der Waals surface area contributed by atoms with Crippen LogP contribution in [0.15, 0.2) is 30.3 Å². The minimum Gasteiger partial charge on any atom is -0.496 e. The van der Waals surface area contributed by atoms with Crippen molar-refractivity contribution in [2.75, 3.05) is 13.7 Å². The lowest BCUT2D eigenvalue weighted by molar-refractivity contribution is -0.117. The van der Waals surface area contributed by atoms with Crippen LogP contribution in [0.5, 0.6) is 5.75 Å². The summed E-state index contributed by atoms with van der Waals surface area (Å²) in [6.45, 7) is 4.06. The van der Waals surface area contributed by atoms with Crippen LogP contribution in [0.3, 0.4) is 0 Å². The number of hydrogen-bond acceptors (Lipinski definition) is 3. The van der Waals surface area contributed by atoms with Crippen molar-refractivity contribution in [2.24, 2.45) is 5.92 Å². The van der Waals surface area contributed by atoms with Crippen LogP contribution in [0.2, 0.25) is 0 Å². The maximum atomic E-state index is 11.8. The first kappa shape index (κ1) is 16.2. The third kappa shape index (κ3) is 5.45. The molecule has 0 spiro atoms. The number of ether oxygens (including phenoxy) is 1. The van der Waals surface area contributed by atoms with Crippen LogP contribution in [0.1, 0.15) is 25.8 Å². The van der Waals surface area contributed by atoms with E-state index in [1.807, 2.05) is 24.3 Å². The van der Waals surface area contributed by atoms with Gasteiger partial charge in [0.15, 0.2) is 0 Å². The first-order valence-electron chi connectivity index (χ1n) is 6.79. The molecule has 1 aromatic rings. The van der Waals surface area contributed by atoms with Gasteiger partial charge in [-0.3, -0.25) is 4.79 Å². The Bertz CT molecular complexity index is 455. The van der Waals surface area contributed by atoms with E-state index in [9.17, 15) is 9.90 Å². The molecular weight excluding hydrogens is 254 g/mol. The first-order chi connectivity index (χ1) is 9.56. The number of rotatable bonds is 7. The van der Waals surface area contributed by atoms with Crippen molar-refractivity contribution in [3.63, 3.8) is 0 Å². The third-order valence-electron chi connectivity index (χ3n) is 2.88. The lowest BCUT2D eigenvalue weighted by Crippen LogP contribution is -2.37. The molecular formula is C16H23NO3. The Morgan fingerprint density at radius 1 is 1.40 bits per heavy atom. The molecule has 1 unspecified atom stereocenters. The first-order valence-corrected chi connectivity index (χ1v) is 6.79. The van der Waals surface area contributed by atoms with E-state index in [0.29, 0.717) is 5.92 Å². The summed E-state index contributed by atoms with van der Waals surface area (Å²) in [6, 6.07) is 7.27. The second-order valence-electron chi connectivity index (χ2n) is 5.09. The monoisotopic (exact) mass is 277 g/mol. The van der Waals surface area contributed by atoms with Crippen LogP contribution in [0.25, 0.3) is 6.08 Å². The summed E-state index contributed by atoms with van der Waals surface area (Å²) in [5.41, 5.74) is 0.842. The minimum atomic E-state index is -0.212. The smallest absolute Gasteiger partial charge is 0.244 e. The Labute approximate surface area is 120 Å². The van der Waals surface area contributed by atoms with Crippen LogP contribution >= 0.6 is 0 Å². The van der Waals surface area contributed by atoms with Gasteiger partial charge in [0.2, 0.25) is 5.91 Å². The summed E-state index contributed by atoms with van der Waals surface area (Å²) < 4.78 is 5.21. The van der Waals surface area contributed by atoms with Crippen molar-refractivity contribution in [3.8, 4) is 5.75 Å². The van der Waals surface area contributed by atoms with Crippen LogP contribution in [0.4, 0.5) is 0 Å². The van der Waals surface area contributed by atoms with E-state index < -0.39 is 0 Å². The van der Waals surface area contributed by atoms with Gasteiger partial charge in [0.05, 0.1) is 19.8 Å². The largest absolute Gasteiger partial charge is 0.496 e. The highest BCUT2D eigenvalue weighted by Crippen LogP contribution is 2.18. The van der Waals surface area contributed by atoms with Gasteiger partial charge in [0.25, 0.3) is 0 Å². The SMILES string of the molecule is COc1ccccc1C=CC(=O)NC(CO)CC(C)C. The molecule has 0 heterocycles. The number of methoxy groups -OCH3 is 1. The Hall–Kier alpha value is -1.81. The number of carbonyl (C=O) groups excluding carboxylic acids is 1. The molecule has 20 heavy (non-hydrogen) atoms. The molecule has 0 saturated carbocycles. The minimum absolute atomic E-state index is 0.0492. The number of benzene rings is 1. The zero-order valence-corrected chi connectivity index (χ0v) is 12.3. The van der Waals surface area contributed by atoms with Gasteiger partial charge < -0.3 is 15.2 Å². The average Bonchev–Trinajstić information content (AvgIpc) is 2.44. The molecule has 1 rings (SSSR count). The standard InChI is InChI=1S/C16H23NO3/c1-12(2)10-14(11-18)17-16(19)9-8-13-6-4-5-7-15(13)20-3/h4-9,12,14,18H,10-11H2,1-3H3,(H,17,19). The molecule has 1 amide bonds. The summed E-state index contributed by atoms with van der Waals surface area (Å²) >= 11 is 0. The van der Waals surface area contributed by atoms with Gasteiger partial charge in [0.1, 0.15) is 5.75 Å². The van der Waals surface area contributed by atoms with Crippen molar-refractivity contribution in [2.45, 2.75) is 26.3 Å². The molecule has 1 aromatic carbocycles. The highest BCUT2D eigenvalue weighted by molar-refractivity contribution is 5.92. The van der Waals surface area contributed by atoms with Crippen LogP contribution in [-0.4, -0.2) is 30.8 Å². The Morgan fingerprint density at radius 3 is 2.70 bits per heavy atom. The zero-order chi connectivity index (χ0) is 15.0. The van der Waals surface area contributed by atoms with Crippen molar-refractivity contribution in [1.29, 1.82) is 0 Å². The van der Waals surface area contributed by atoms with Gasteiger partial charge >= 0.3 is 0 Å². The molecule has 4 heteroatoms. The van der Waals surface area contributed by atoms with Crippen molar-refractivity contribution in [3.05, 3.63) is 35.9 Å². The average molecular weight is 277 g/mol. The molecule has 0 aliphatic rings. The molecule has 1 atom stereocenters. The Balaban J connectivity index is 2.63. The second-order valence-corrected chi connectivity index (χ2v) is 5.09. The number of aliphatic hydroxyl groups is 1. The lowest BCUT2D eigenvalue weighted by Gasteiger charge is -2.17. The summed E-state index contributed by atoms with van der Waals surface area (Å²) in [6.07, 6.45) is 3.92. The van der Waals surface area contributed by atoms with Gasteiger partial charge in [-0.15, -0.1) is 0 Å². The molecule has 0 aromatic heterocycles. The van der Waals surface area contributed by atoms with Gasteiger partial charge in [-0.25, -0.2) is 0 Å². The van der Waals surface area contributed by atoms with Crippen LogP contribution in [-0.2, 0) is 4.79 Å². The van der Waals surface area contributed by atoms with Gasteiger partial charge in [0, 0.05) is 11.6 Å². The number of nitrogens with one attached hydrogen (secondary N) is 1. The maximum absolute atomic E-state index is 11.8. The highest BCUT2D eigenvalue weighted by atomic mass is 16.5. The molecule has 4 nitrogen and oxygen atoms in total. The lowest BCUT2D eigenvalue weighted by atomic mass is 10.0. The Morgan fingerprint density at radius 2 is 2.10 bits per heavy atom. The van der Waals surface area contributed by atoms with E-state index in [1.54, 1.807) is 13.2 Å². The molecule has 110 valence electrons. The highest BCUT2D eigenvalue weighted by Gasteiger charge is 2.11. The predicted molar refractivity (Wildman–Crippen MR) is 80.5 cm³/mol. The van der Waals surface area contributed by atoms with Gasteiger partial charge in [-0.2, -0.15) is 0 Å². The second kappa shape index (κ2) is 8.38. The molecule has 0 radical (unpaired) electrons. The quantitative estimate of drug-likeness (QED) is 0.751. The summed E-state index contributed by atoms with van der Waals surface area (Å²) in [7, 11) is 1.59. The molecule has 0 bridgehead atoms. The van der Waals surface area contributed by atoms with Crippen LogP contribution in [0, 0.1) is 5.92 Å². The van der Waals surface area contributed by atoms with E-state index >= 15 is 0 Å². The molecule has 0 saturated heterocycles. The van der Waals surface area contributed by atoms with E-state index in [0.717, 1.165) is 17.7 Å². The topological polar surface area (TPSA) is 58.6 Å². The summed E-state index contributed by atoms with van der Waals surface area (Å²) in [5.74, 6) is 0.929. The summed E-state index contributed by atoms with van der Waals surface area (Å²) in [4.78, 5) is 11.8. The normalized spacial score (nSPS) is 12.7. The van der Waals surface area contributed by atoms with E-state index in [4.69, 9.17) is 4.74 Å². The third-order valence-corrected chi connectivity index (χ3v) is 2.88. The number of hydrogen-bond donors (Lipinski definition) is 2. The van der Waals surface area contributed by atoms with E-state index in [1.165, 1.54) is 6.08 Å². The van der Waals surface area contributed by atoms with Gasteiger partial charge in [-0.1, -0.05) is 32.0 Å². The van der Waals surface area contributed by atoms with Crippen molar-refractivity contribution < 1.29 is 14.6 Å². The molecule has 2 N–H and O–H groups in total. The summed E-state index contributed by atoms with van der Waals surface area (Å²) in [5, 5.41) is 12.0. The van der Waals surface area contributed by atoms with Gasteiger partial charge in [-0.05, 0) is 24.5 Å². The fourth-order valence-electron chi connectivity index (χ4n) is 1.97. The number of aliphatic hydroxyl groups excluding tert-OH is 1. The zero-order valence-electron chi connectivity index (χ0n) is 12.3. The number of carbonyl (C=O) groups is 1. The van der Waals surface area contributed by atoms with Crippen molar-refractivity contribution >= 4 is 12.0 Å². The predicted octanol–water partition coefficient (Wildman–Crippen LogP) is 2.23. The fourth-order valence-corrected chi connectivity index (χ4v) is 1.97. The molecule has 0 aliphatic carbocycles. The Kier molecular flexibility index (Phi) is 6.81. The molecule has 0 fully saturated rings. The number of amides is 1. The number of para-hydroxylation sites is 1. The van der Waals surface area contributed by atoms with E-state index in [-0.39, 0.29) is 18.6 Å². The molecule has 0 aliphatic heterocycles. The van der Waals surface area contributed by atoms with Crippen LogP contribution < -0.4 is 10.1 Å².